The average Bonchev–Trinajstić information content (AvgIpc) is 3.70. The molecule has 2 aliphatic carbocycles. The van der Waals surface area contributed by atoms with Gasteiger partial charge in [-0.25, -0.2) is 14.6 Å². The molecule has 0 radical (unpaired) electrons. The number of carbonyl (C=O) groups is 1. The molecule has 1 aromatic heterocycles. The second-order valence-electron chi connectivity index (χ2n) is 12.1. The van der Waals surface area contributed by atoms with Gasteiger partial charge in [-0.1, -0.05) is 17.9 Å². The van der Waals surface area contributed by atoms with Crippen molar-refractivity contribution in [3.63, 3.8) is 0 Å². The van der Waals surface area contributed by atoms with Crippen LogP contribution in [0.25, 0.3) is 0 Å². The highest BCUT2D eigenvalue weighted by molar-refractivity contribution is 7.16. The molecule has 0 spiro atoms. The van der Waals surface area contributed by atoms with Gasteiger partial charge in [-0.05, 0) is 109 Å². The lowest BCUT2D eigenvalue weighted by Crippen LogP contribution is -2.43. The van der Waals surface area contributed by atoms with Gasteiger partial charge >= 0.3 is 6.09 Å². The summed E-state index contributed by atoms with van der Waals surface area (Å²) in [5, 5.41) is 5.71. The van der Waals surface area contributed by atoms with Gasteiger partial charge in [-0.15, -0.1) is 11.3 Å². The van der Waals surface area contributed by atoms with Crippen LogP contribution in [-0.4, -0.2) is 43.5 Å². The lowest BCUT2D eigenvalue weighted by molar-refractivity contribution is 0.0487. The third kappa shape index (κ3) is 7.35. The molecule has 3 aliphatic rings. The van der Waals surface area contributed by atoms with E-state index in [0.717, 1.165) is 65.5 Å². The number of hydrogen-bond donors (Lipinski definition) is 1. The second-order valence-corrected chi connectivity index (χ2v) is 13.1. The zero-order valence-electron chi connectivity index (χ0n) is 24.7. The molecular formula is C32H41N3O5S. The summed E-state index contributed by atoms with van der Waals surface area (Å²) in [6.45, 7) is 7.54. The van der Waals surface area contributed by atoms with Gasteiger partial charge < -0.3 is 19.5 Å². The fourth-order valence-corrected chi connectivity index (χ4v) is 6.42. The Kier molecular flexibility index (Phi) is 8.81. The van der Waals surface area contributed by atoms with Crippen molar-refractivity contribution in [1.82, 2.24) is 5.32 Å². The van der Waals surface area contributed by atoms with Crippen LogP contribution in [0.5, 0.6) is 11.5 Å². The van der Waals surface area contributed by atoms with Crippen molar-refractivity contribution in [1.29, 1.82) is 0 Å². The van der Waals surface area contributed by atoms with Gasteiger partial charge in [-0.3, -0.25) is 0 Å². The number of anilines is 1. The third-order valence-corrected chi connectivity index (χ3v) is 8.74. The first-order chi connectivity index (χ1) is 19.6. The summed E-state index contributed by atoms with van der Waals surface area (Å²) in [6, 6.07) is 10.3. The van der Waals surface area contributed by atoms with Crippen LogP contribution in [0.4, 0.5) is 9.80 Å². The first-order valence-corrected chi connectivity index (χ1v) is 15.4. The number of amides is 1. The van der Waals surface area contributed by atoms with Crippen molar-refractivity contribution in [2.75, 3.05) is 12.2 Å². The van der Waals surface area contributed by atoms with E-state index >= 15 is 0 Å². The van der Waals surface area contributed by atoms with Crippen LogP contribution >= 0.6 is 11.3 Å². The smallest absolute Gasteiger partial charge is 0.407 e. The zero-order chi connectivity index (χ0) is 29.0. The van der Waals surface area contributed by atoms with Crippen molar-refractivity contribution < 1.29 is 23.8 Å². The van der Waals surface area contributed by atoms with Crippen LogP contribution in [-0.2, 0) is 15.0 Å². The fourth-order valence-electron chi connectivity index (χ4n) is 5.64. The van der Waals surface area contributed by atoms with Crippen molar-refractivity contribution in [2.45, 2.75) is 108 Å². The van der Waals surface area contributed by atoms with Gasteiger partial charge in [0, 0.05) is 6.04 Å². The molecule has 5 rings (SSSR count). The Balaban J connectivity index is 1.40. The van der Waals surface area contributed by atoms with E-state index in [4.69, 9.17) is 19.0 Å². The van der Waals surface area contributed by atoms with E-state index in [1.807, 2.05) is 45.9 Å². The van der Waals surface area contributed by atoms with Crippen LogP contribution in [0.3, 0.4) is 0 Å². The van der Waals surface area contributed by atoms with E-state index in [9.17, 15) is 4.79 Å². The minimum atomic E-state index is -0.531. The van der Waals surface area contributed by atoms with E-state index in [2.05, 4.69) is 34.3 Å². The predicted octanol–water partition coefficient (Wildman–Crippen LogP) is 6.96. The number of benzene rings is 1. The normalized spacial score (nSPS) is 24.6. The Morgan fingerprint density at radius 3 is 2.54 bits per heavy atom. The molecule has 41 heavy (non-hydrogen) atoms. The molecule has 1 N–H and O–H groups in total. The standard InChI is InChI=1S/C32H41N3O5S/c1-22-33-21-35(40-22)29-13-11-26(41-29)16-19-32(17-14-24(15-18-32)34-30(36)39-31(2,3)4)23-10-12-27(37-5)28(20-23)38-25-8-6-7-9-25/h10-13,20-22,24-25H,6-9,14-15,17-18H2,1-5H3,(H,34,36). The molecule has 2 fully saturated rings. The van der Waals surface area contributed by atoms with Gasteiger partial charge in [-0.2, -0.15) is 5.06 Å². The maximum absolute atomic E-state index is 12.5. The largest absolute Gasteiger partial charge is 0.493 e. The van der Waals surface area contributed by atoms with Crippen LogP contribution in [0, 0.1) is 11.8 Å². The number of hydrogen-bond acceptors (Lipinski definition) is 8. The topological polar surface area (TPSA) is 81.6 Å². The highest BCUT2D eigenvalue weighted by atomic mass is 32.1. The molecule has 8 nitrogen and oxygen atoms in total. The number of thiophene rings is 1. The molecule has 1 amide bonds. The molecular weight excluding hydrogens is 538 g/mol. The third-order valence-electron chi connectivity index (χ3n) is 7.75. The molecule has 0 bridgehead atoms. The number of aliphatic imine (C=N–C) groups is 1. The highest BCUT2D eigenvalue weighted by Gasteiger charge is 2.37. The molecule has 2 aromatic rings. The molecule has 220 valence electrons. The number of nitrogens with one attached hydrogen (secondary N) is 1. The van der Waals surface area contributed by atoms with E-state index in [-0.39, 0.29) is 24.5 Å². The van der Waals surface area contributed by atoms with Crippen LogP contribution in [0.15, 0.2) is 35.3 Å². The maximum atomic E-state index is 12.5. The monoisotopic (exact) mass is 579 g/mol. The average molecular weight is 580 g/mol. The molecule has 9 heteroatoms. The fraction of sp³-hybridized carbons (Fsp3) is 0.562. The molecule has 0 saturated heterocycles. The molecule has 1 aromatic carbocycles. The lowest BCUT2D eigenvalue weighted by atomic mass is 9.68. The summed E-state index contributed by atoms with van der Waals surface area (Å²) in [7, 11) is 1.68. The van der Waals surface area contributed by atoms with E-state index in [0.29, 0.717) is 0 Å². The van der Waals surface area contributed by atoms with Gasteiger partial charge in [0.25, 0.3) is 0 Å². The number of alkyl carbamates (subject to hydrolysis) is 1. The van der Waals surface area contributed by atoms with Crippen molar-refractivity contribution >= 4 is 28.8 Å². The van der Waals surface area contributed by atoms with Crippen LogP contribution in [0.2, 0.25) is 0 Å². The number of carbonyl (C=O) groups excluding carboxylic acids is 1. The Bertz CT molecular complexity index is 1310. The second kappa shape index (κ2) is 12.3. The Labute approximate surface area is 247 Å². The maximum Gasteiger partial charge on any atom is 0.407 e. The van der Waals surface area contributed by atoms with Crippen molar-refractivity contribution in [2.24, 2.45) is 4.99 Å². The Hall–Kier alpha value is -3.22. The summed E-state index contributed by atoms with van der Waals surface area (Å²) in [5.41, 5.74) is 0.197. The van der Waals surface area contributed by atoms with Gasteiger partial charge in [0.2, 0.25) is 0 Å². The summed E-state index contributed by atoms with van der Waals surface area (Å²) < 4.78 is 17.6. The number of methoxy groups -OCH3 is 1. The van der Waals surface area contributed by atoms with Gasteiger partial charge in [0.05, 0.1) is 23.5 Å². The predicted molar refractivity (Wildman–Crippen MR) is 162 cm³/mol. The first-order valence-electron chi connectivity index (χ1n) is 14.6. The number of hydroxylamine groups is 1. The number of nitrogens with zero attached hydrogens (tertiary/aromatic N) is 2. The van der Waals surface area contributed by atoms with Crippen LogP contribution < -0.4 is 19.9 Å². The molecule has 1 aliphatic heterocycles. The van der Waals surface area contributed by atoms with Crippen molar-refractivity contribution in [3.05, 3.63) is 40.8 Å². The van der Waals surface area contributed by atoms with Crippen molar-refractivity contribution in [3.8, 4) is 23.3 Å². The Morgan fingerprint density at radius 2 is 1.88 bits per heavy atom. The summed E-state index contributed by atoms with van der Waals surface area (Å²) in [6.07, 6.45) is 9.10. The lowest BCUT2D eigenvalue weighted by Gasteiger charge is -2.37. The van der Waals surface area contributed by atoms with Gasteiger partial charge in [0.1, 0.15) is 16.9 Å². The summed E-state index contributed by atoms with van der Waals surface area (Å²) in [5.74, 6) is 8.68. The molecule has 1 unspecified atom stereocenters. The zero-order valence-corrected chi connectivity index (χ0v) is 25.5. The summed E-state index contributed by atoms with van der Waals surface area (Å²) in [4.78, 5) is 23.4. The minimum Gasteiger partial charge on any atom is -0.493 e. The number of ether oxygens (including phenoxy) is 3. The molecule has 2 heterocycles. The van der Waals surface area contributed by atoms with E-state index in [1.165, 1.54) is 12.8 Å². The minimum absolute atomic E-state index is 0.0363. The molecule has 2 saturated carbocycles. The summed E-state index contributed by atoms with van der Waals surface area (Å²) >= 11 is 1.58. The van der Waals surface area contributed by atoms with E-state index in [1.54, 1.807) is 29.8 Å². The van der Waals surface area contributed by atoms with E-state index < -0.39 is 11.0 Å². The highest BCUT2D eigenvalue weighted by Crippen LogP contribution is 2.43. The number of rotatable bonds is 6. The first kappa shape index (κ1) is 29.3. The van der Waals surface area contributed by atoms with Gasteiger partial charge in [0.15, 0.2) is 17.7 Å². The Morgan fingerprint density at radius 1 is 1.12 bits per heavy atom. The molecule has 1 atom stereocenters. The quantitative estimate of drug-likeness (QED) is 0.373. The SMILES string of the molecule is COc1ccc(C2(C#Cc3ccc(N4C=NC(C)O4)s3)CCC(NC(=O)OC(C)(C)C)CC2)cc1OC1CCCC1. The van der Waals surface area contributed by atoms with Crippen LogP contribution in [0.1, 0.15) is 89.5 Å².